The number of likely N-dealkylation sites (tertiary alicyclic amines) is 1. The molecule has 3 N–H and O–H groups in total. The van der Waals surface area contributed by atoms with Crippen LogP contribution in [0.2, 0.25) is 0 Å². The van der Waals surface area contributed by atoms with E-state index in [1.165, 1.54) is 0 Å². The quantitative estimate of drug-likeness (QED) is 0.549. The largest absolute Gasteiger partial charge is 0.395 e. The number of nitrogens with two attached hydrogens (primary N) is 1. The molecule has 0 aromatic rings. The van der Waals surface area contributed by atoms with Gasteiger partial charge >= 0.3 is 0 Å². The third-order valence-electron chi connectivity index (χ3n) is 2.07. The fraction of sp³-hybridized carbons (Fsp3) is 0.857. The van der Waals surface area contributed by atoms with Crippen LogP contribution in [0.5, 0.6) is 0 Å². The van der Waals surface area contributed by atoms with Crippen LogP contribution in [0.1, 0.15) is 12.8 Å². The normalized spacial score (nSPS) is 24.7. The Morgan fingerprint density at radius 1 is 1.73 bits per heavy atom. The highest BCUT2D eigenvalue weighted by Gasteiger charge is 2.28. The zero-order chi connectivity index (χ0) is 8.27. The Balaban J connectivity index is 2.49. The van der Waals surface area contributed by atoms with E-state index in [1.54, 1.807) is 4.90 Å². The first-order valence-corrected chi connectivity index (χ1v) is 3.90. The minimum absolute atomic E-state index is 0.0300. The Morgan fingerprint density at radius 2 is 2.45 bits per heavy atom. The van der Waals surface area contributed by atoms with Gasteiger partial charge in [-0.3, -0.25) is 4.79 Å². The highest BCUT2D eigenvalue weighted by molar-refractivity contribution is 5.78. The van der Waals surface area contributed by atoms with Gasteiger partial charge in [-0.2, -0.15) is 0 Å². The van der Waals surface area contributed by atoms with Crippen molar-refractivity contribution in [3.8, 4) is 0 Å². The molecule has 4 heteroatoms. The Hall–Kier alpha value is -0.610. The summed E-state index contributed by atoms with van der Waals surface area (Å²) in [5, 5.41) is 8.62. The standard InChI is InChI=1S/C7H14N2O2/c8-5-6-1-2-7(11)9(6)3-4-10/h6,10H,1-5,8H2. The number of rotatable bonds is 3. The first-order valence-electron chi connectivity index (χ1n) is 3.90. The van der Waals surface area contributed by atoms with Crippen LogP contribution in [0, 0.1) is 0 Å². The van der Waals surface area contributed by atoms with E-state index in [9.17, 15) is 4.79 Å². The first kappa shape index (κ1) is 8.49. The van der Waals surface area contributed by atoms with E-state index in [0.717, 1.165) is 6.42 Å². The predicted octanol–water partition coefficient (Wildman–Crippen LogP) is -1.07. The number of nitrogens with zero attached hydrogens (tertiary/aromatic N) is 1. The lowest BCUT2D eigenvalue weighted by atomic mass is 10.2. The third-order valence-corrected chi connectivity index (χ3v) is 2.07. The number of carbonyl (C=O) groups is 1. The van der Waals surface area contributed by atoms with E-state index < -0.39 is 0 Å². The van der Waals surface area contributed by atoms with Crippen molar-refractivity contribution in [1.82, 2.24) is 4.90 Å². The smallest absolute Gasteiger partial charge is 0.223 e. The molecule has 1 amide bonds. The van der Waals surface area contributed by atoms with Gasteiger partial charge in [0.2, 0.25) is 5.91 Å². The second-order valence-electron chi connectivity index (χ2n) is 2.74. The monoisotopic (exact) mass is 158 g/mol. The van der Waals surface area contributed by atoms with Crippen LogP contribution in [0.25, 0.3) is 0 Å². The van der Waals surface area contributed by atoms with Gasteiger partial charge in [0.05, 0.1) is 6.61 Å². The van der Waals surface area contributed by atoms with E-state index in [1.807, 2.05) is 0 Å². The molecule has 64 valence electrons. The Bertz CT molecular complexity index is 149. The molecule has 1 saturated heterocycles. The lowest BCUT2D eigenvalue weighted by Crippen LogP contribution is -2.39. The molecule has 0 radical (unpaired) electrons. The van der Waals surface area contributed by atoms with Gasteiger partial charge in [-0.05, 0) is 6.42 Å². The maximum Gasteiger partial charge on any atom is 0.223 e. The van der Waals surface area contributed by atoms with Gasteiger partial charge < -0.3 is 15.7 Å². The SMILES string of the molecule is NCC1CCC(=O)N1CCO. The van der Waals surface area contributed by atoms with E-state index in [2.05, 4.69) is 0 Å². The highest BCUT2D eigenvalue weighted by atomic mass is 16.3. The van der Waals surface area contributed by atoms with Gasteiger partial charge in [-0.25, -0.2) is 0 Å². The van der Waals surface area contributed by atoms with Crippen molar-refractivity contribution in [1.29, 1.82) is 0 Å². The Morgan fingerprint density at radius 3 is 3.00 bits per heavy atom. The minimum Gasteiger partial charge on any atom is -0.395 e. The molecule has 11 heavy (non-hydrogen) atoms. The Labute approximate surface area is 66.0 Å². The van der Waals surface area contributed by atoms with Gasteiger partial charge in [-0.1, -0.05) is 0 Å². The van der Waals surface area contributed by atoms with Crippen LogP contribution in [0.4, 0.5) is 0 Å². The van der Waals surface area contributed by atoms with Gasteiger partial charge in [-0.15, -0.1) is 0 Å². The van der Waals surface area contributed by atoms with Crippen molar-refractivity contribution in [3.05, 3.63) is 0 Å². The molecule has 1 heterocycles. The fourth-order valence-electron chi connectivity index (χ4n) is 1.45. The highest BCUT2D eigenvalue weighted by Crippen LogP contribution is 2.16. The zero-order valence-corrected chi connectivity index (χ0v) is 6.49. The van der Waals surface area contributed by atoms with Crippen molar-refractivity contribution in [2.45, 2.75) is 18.9 Å². The summed E-state index contributed by atoms with van der Waals surface area (Å²) in [5.74, 6) is 0.120. The molecule has 0 saturated carbocycles. The number of hydrogen-bond acceptors (Lipinski definition) is 3. The maximum absolute atomic E-state index is 11.1. The summed E-state index contributed by atoms with van der Waals surface area (Å²) in [4.78, 5) is 12.8. The lowest BCUT2D eigenvalue weighted by Gasteiger charge is -2.22. The Kier molecular flexibility index (Phi) is 2.84. The van der Waals surface area contributed by atoms with E-state index >= 15 is 0 Å². The molecule has 1 atom stereocenters. The molecule has 0 spiro atoms. The summed E-state index contributed by atoms with van der Waals surface area (Å²) in [5.41, 5.74) is 5.44. The number of amides is 1. The first-order chi connectivity index (χ1) is 5.29. The van der Waals surface area contributed by atoms with Crippen molar-refractivity contribution in [3.63, 3.8) is 0 Å². The molecule has 0 aromatic carbocycles. The fourth-order valence-corrected chi connectivity index (χ4v) is 1.45. The maximum atomic E-state index is 11.1. The third kappa shape index (κ3) is 1.70. The molecule has 0 bridgehead atoms. The van der Waals surface area contributed by atoms with Crippen LogP contribution in [0.3, 0.4) is 0 Å². The number of β-amino-alcohol motifs (C(OH)–C–C–N with tert-alkyl or cyclic N) is 1. The van der Waals surface area contributed by atoms with Gasteiger partial charge in [0, 0.05) is 25.6 Å². The molecular formula is C7H14N2O2. The lowest BCUT2D eigenvalue weighted by molar-refractivity contribution is -0.129. The summed E-state index contributed by atoms with van der Waals surface area (Å²) in [6.07, 6.45) is 1.43. The van der Waals surface area contributed by atoms with Crippen LogP contribution in [-0.4, -0.2) is 41.7 Å². The number of aliphatic hydroxyl groups excluding tert-OH is 1. The number of carbonyl (C=O) groups excluding carboxylic acids is 1. The van der Waals surface area contributed by atoms with Crippen LogP contribution in [-0.2, 0) is 4.79 Å². The minimum atomic E-state index is 0.0300. The summed E-state index contributed by atoms with van der Waals surface area (Å²) in [6, 6.07) is 0.162. The summed E-state index contributed by atoms with van der Waals surface area (Å²) >= 11 is 0. The van der Waals surface area contributed by atoms with Crippen LogP contribution < -0.4 is 5.73 Å². The number of hydrogen-bond donors (Lipinski definition) is 2. The topological polar surface area (TPSA) is 66.6 Å². The average Bonchev–Trinajstić information content (AvgIpc) is 2.34. The molecule has 0 aliphatic carbocycles. The molecule has 0 aromatic heterocycles. The van der Waals surface area contributed by atoms with Crippen molar-refractivity contribution in [2.75, 3.05) is 19.7 Å². The van der Waals surface area contributed by atoms with Gasteiger partial charge in [0.15, 0.2) is 0 Å². The molecule has 1 fully saturated rings. The van der Waals surface area contributed by atoms with Crippen LogP contribution >= 0.6 is 0 Å². The van der Waals surface area contributed by atoms with Crippen molar-refractivity contribution in [2.24, 2.45) is 5.73 Å². The van der Waals surface area contributed by atoms with Crippen molar-refractivity contribution >= 4 is 5.91 Å². The molecule has 4 nitrogen and oxygen atoms in total. The van der Waals surface area contributed by atoms with Crippen molar-refractivity contribution < 1.29 is 9.90 Å². The summed E-state index contributed by atoms with van der Waals surface area (Å²) in [6.45, 7) is 0.967. The molecular weight excluding hydrogens is 144 g/mol. The number of aliphatic hydroxyl groups is 1. The van der Waals surface area contributed by atoms with E-state index in [4.69, 9.17) is 10.8 Å². The predicted molar refractivity (Wildman–Crippen MR) is 40.9 cm³/mol. The second kappa shape index (κ2) is 3.69. The van der Waals surface area contributed by atoms with Crippen LogP contribution in [0.15, 0.2) is 0 Å². The molecule has 1 aliphatic heterocycles. The van der Waals surface area contributed by atoms with E-state index in [0.29, 0.717) is 19.5 Å². The zero-order valence-electron chi connectivity index (χ0n) is 6.49. The van der Waals surface area contributed by atoms with Gasteiger partial charge in [0.25, 0.3) is 0 Å². The average molecular weight is 158 g/mol. The molecule has 1 unspecified atom stereocenters. The molecule has 1 aliphatic rings. The molecule has 1 rings (SSSR count). The van der Waals surface area contributed by atoms with E-state index in [-0.39, 0.29) is 18.6 Å². The summed E-state index contributed by atoms with van der Waals surface area (Å²) < 4.78 is 0. The van der Waals surface area contributed by atoms with Gasteiger partial charge in [0.1, 0.15) is 0 Å². The summed E-state index contributed by atoms with van der Waals surface area (Å²) in [7, 11) is 0. The second-order valence-corrected chi connectivity index (χ2v) is 2.74.